The van der Waals surface area contributed by atoms with Crippen molar-refractivity contribution in [3.05, 3.63) is 359 Å². The molecule has 0 fully saturated rings. The van der Waals surface area contributed by atoms with Crippen LogP contribution in [0.3, 0.4) is 0 Å². The van der Waals surface area contributed by atoms with Gasteiger partial charge in [0.25, 0.3) is 0 Å². The van der Waals surface area contributed by atoms with Crippen LogP contribution in [0, 0.1) is 13.8 Å². The largest absolute Gasteiger partial charge is 0.310 e. The van der Waals surface area contributed by atoms with Gasteiger partial charge >= 0.3 is 0 Å². The number of para-hydroxylation sites is 2. The SMILES string of the molecule is Cc1cc(-c2ccc(N(c3ccc(-c4ccc5c(c4)C(C)(C)c4ccccc4-5)cc3)c3ccccc3-c3ccc4c(c3)C(C)(C)c3ccccc3-4)c(C)c2)ccc1N(c1ccc(-c2ccc3c(c2)C(C)(C)c2ccccc2-3)cc1)c1ccccc1-c1ccc2c(c1)C(C)(C)c1ccccc1-2. The average molecular weight is 1290 g/mol. The van der Waals surface area contributed by atoms with E-state index in [1.54, 1.807) is 0 Å². The van der Waals surface area contributed by atoms with Crippen LogP contribution in [0.4, 0.5) is 34.1 Å². The van der Waals surface area contributed by atoms with Gasteiger partial charge in [-0.3, -0.25) is 0 Å². The molecule has 18 rings (SSSR count). The summed E-state index contributed by atoms with van der Waals surface area (Å²) in [5, 5.41) is 0. The molecule has 0 bridgehead atoms. The van der Waals surface area contributed by atoms with Gasteiger partial charge in [-0.1, -0.05) is 274 Å². The Morgan fingerprint density at radius 2 is 0.410 bits per heavy atom. The summed E-state index contributed by atoms with van der Waals surface area (Å²) in [6, 6.07) is 115. The van der Waals surface area contributed by atoms with E-state index in [-0.39, 0.29) is 21.7 Å². The van der Waals surface area contributed by atoms with E-state index in [0.717, 1.165) is 34.1 Å². The molecule has 4 aliphatic rings. The normalized spacial score (nSPS) is 14.6. The molecule has 0 heterocycles. The van der Waals surface area contributed by atoms with E-state index in [0.29, 0.717) is 0 Å². The van der Waals surface area contributed by atoms with Crippen molar-refractivity contribution >= 4 is 34.1 Å². The van der Waals surface area contributed by atoms with Crippen molar-refractivity contribution in [3.8, 4) is 100 Å². The Hall–Kier alpha value is -11.3. The number of rotatable bonds is 11. The second-order valence-corrected chi connectivity index (χ2v) is 30.5. The fraction of sp³-hybridized carbons (Fsp3) is 0.143. The molecule has 0 unspecified atom stereocenters. The molecule has 0 amide bonds. The zero-order chi connectivity index (χ0) is 68.1. The molecule has 0 saturated carbocycles. The molecule has 100 heavy (non-hydrogen) atoms. The Morgan fingerprint density at radius 1 is 0.180 bits per heavy atom. The first-order chi connectivity index (χ1) is 48.4. The van der Waals surface area contributed by atoms with Gasteiger partial charge in [0.15, 0.2) is 0 Å². The third-order valence-corrected chi connectivity index (χ3v) is 23.4. The molecule has 0 saturated heterocycles. The fourth-order valence-corrected chi connectivity index (χ4v) is 17.9. The minimum Gasteiger partial charge on any atom is -0.310 e. The van der Waals surface area contributed by atoms with E-state index in [2.05, 4.69) is 382 Å². The number of nitrogens with zero attached hydrogens (tertiary/aromatic N) is 2. The molecule has 2 nitrogen and oxygen atoms in total. The molecule has 0 atom stereocenters. The highest BCUT2D eigenvalue weighted by Crippen LogP contribution is 2.56. The molecule has 14 aromatic rings. The monoisotopic (exact) mass is 1280 g/mol. The molecule has 482 valence electrons. The first kappa shape index (κ1) is 61.0. The maximum atomic E-state index is 2.49. The quantitative estimate of drug-likeness (QED) is 0.127. The van der Waals surface area contributed by atoms with E-state index >= 15 is 0 Å². The van der Waals surface area contributed by atoms with Gasteiger partial charge in [0.05, 0.1) is 11.4 Å². The van der Waals surface area contributed by atoms with E-state index in [4.69, 9.17) is 0 Å². The van der Waals surface area contributed by atoms with Gasteiger partial charge in [0.1, 0.15) is 0 Å². The van der Waals surface area contributed by atoms with Crippen molar-refractivity contribution in [2.45, 2.75) is 90.9 Å². The first-order valence-electron chi connectivity index (χ1n) is 35.6. The molecule has 2 heteroatoms. The van der Waals surface area contributed by atoms with Gasteiger partial charge in [0, 0.05) is 55.5 Å². The standard InChI is InChI=1S/C98H80N2/c1-61-55-65(43-53-91(61)99(71-45-35-63(36-46-71)67-39-49-79-75-25-11-17-29-83(75)95(3,4)87(79)57-67)93-33-21-15-23-73(93)69-41-51-81-77-27-13-19-31-85(77)97(7,8)89(81)59-69)66-44-54-92(62(2)56-66)100(72-47-37-64(38-48-72)68-40-50-80-76-26-12-18-30-84(76)96(5,6)88(80)58-68)94-34-22-16-24-74(94)70-42-52-82-78-28-14-20-32-86(78)98(9,10)90(82)60-70/h11-60H,1-10H3. The summed E-state index contributed by atoms with van der Waals surface area (Å²) >= 11 is 0. The summed E-state index contributed by atoms with van der Waals surface area (Å²) < 4.78 is 0. The van der Waals surface area contributed by atoms with Crippen LogP contribution < -0.4 is 9.80 Å². The van der Waals surface area contributed by atoms with Gasteiger partial charge in [-0.2, -0.15) is 0 Å². The van der Waals surface area contributed by atoms with Crippen molar-refractivity contribution in [1.29, 1.82) is 0 Å². The van der Waals surface area contributed by atoms with Crippen LogP contribution in [-0.2, 0) is 21.7 Å². The second kappa shape index (κ2) is 22.6. The predicted molar refractivity (Wildman–Crippen MR) is 423 cm³/mol. The minimum atomic E-state index is -0.136. The Labute approximate surface area is 590 Å². The molecule has 14 aromatic carbocycles. The van der Waals surface area contributed by atoms with Crippen LogP contribution in [0.5, 0.6) is 0 Å². The van der Waals surface area contributed by atoms with E-state index < -0.39 is 0 Å². The lowest BCUT2D eigenvalue weighted by Crippen LogP contribution is -2.15. The molecular weight excluding hydrogens is 1210 g/mol. The summed E-state index contributed by atoms with van der Waals surface area (Å²) in [5.41, 5.74) is 42.2. The average Bonchev–Trinajstić information content (AvgIpc) is 1.35. The molecular formula is C98H80N2. The number of hydrogen-bond donors (Lipinski definition) is 0. The summed E-state index contributed by atoms with van der Waals surface area (Å²) in [7, 11) is 0. The molecule has 4 aliphatic carbocycles. The van der Waals surface area contributed by atoms with Gasteiger partial charge in [-0.15, -0.1) is 0 Å². The number of hydrogen-bond acceptors (Lipinski definition) is 2. The maximum Gasteiger partial charge on any atom is 0.0540 e. The Balaban J connectivity index is 0.730. The smallest absolute Gasteiger partial charge is 0.0540 e. The Morgan fingerprint density at radius 3 is 0.720 bits per heavy atom. The highest BCUT2D eigenvalue weighted by Gasteiger charge is 2.40. The Kier molecular flexibility index (Phi) is 13.8. The highest BCUT2D eigenvalue weighted by atomic mass is 15.2. The van der Waals surface area contributed by atoms with Crippen molar-refractivity contribution in [1.82, 2.24) is 0 Å². The van der Waals surface area contributed by atoms with Crippen molar-refractivity contribution in [2.75, 3.05) is 9.80 Å². The number of benzene rings is 14. The number of fused-ring (bicyclic) bond motifs is 12. The van der Waals surface area contributed by atoms with Crippen LogP contribution >= 0.6 is 0 Å². The molecule has 0 spiro atoms. The lowest BCUT2D eigenvalue weighted by atomic mass is 9.81. The van der Waals surface area contributed by atoms with Crippen LogP contribution in [0.1, 0.15) is 111 Å². The molecule has 0 radical (unpaired) electrons. The number of aryl methyl sites for hydroxylation is 2. The highest BCUT2D eigenvalue weighted by molar-refractivity contribution is 5.96. The minimum absolute atomic E-state index is 0.0887. The van der Waals surface area contributed by atoms with E-state index in [1.807, 2.05) is 0 Å². The van der Waals surface area contributed by atoms with Gasteiger partial charge < -0.3 is 9.80 Å². The van der Waals surface area contributed by atoms with Crippen molar-refractivity contribution in [3.63, 3.8) is 0 Å². The number of anilines is 6. The van der Waals surface area contributed by atoms with Gasteiger partial charge in [0.2, 0.25) is 0 Å². The first-order valence-corrected chi connectivity index (χ1v) is 35.6. The molecule has 0 N–H and O–H groups in total. The van der Waals surface area contributed by atoms with Crippen LogP contribution in [0.15, 0.2) is 303 Å². The molecule has 0 aliphatic heterocycles. The predicted octanol–water partition coefficient (Wildman–Crippen LogP) is 26.8. The summed E-state index contributed by atoms with van der Waals surface area (Å²) in [6.45, 7) is 23.5. The summed E-state index contributed by atoms with van der Waals surface area (Å²) in [6.07, 6.45) is 0. The van der Waals surface area contributed by atoms with Crippen LogP contribution in [0.2, 0.25) is 0 Å². The molecule has 0 aromatic heterocycles. The zero-order valence-corrected chi connectivity index (χ0v) is 58.8. The lowest BCUT2D eigenvalue weighted by molar-refractivity contribution is 0.660. The maximum absolute atomic E-state index is 2.49. The summed E-state index contributed by atoms with van der Waals surface area (Å²) in [5.74, 6) is 0. The van der Waals surface area contributed by atoms with Crippen molar-refractivity contribution < 1.29 is 0 Å². The third-order valence-electron chi connectivity index (χ3n) is 23.4. The van der Waals surface area contributed by atoms with E-state index in [1.165, 1.54) is 156 Å². The summed E-state index contributed by atoms with van der Waals surface area (Å²) in [4.78, 5) is 4.99. The zero-order valence-electron chi connectivity index (χ0n) is 58.8. The fourth-order valence-electron chi connectivity index (χ4n) is 17.9. The van der Waals surface area contributed by atoms with Gasteiger partial charge in [-0.25, -0.2) is 0 Å². The topological polar surface area (TPSA) is 6.48 Å². The van der Waals surface area contributed by atoms with Gasteiger partial charge in [-0.05, 0) is 243 Å². The van der Waals surface area contributed by atoms with Crippen molar-refractivity contribution in [2.24, 2.45) is 0 Å². The van der Waals surface area contributed by atoms with E-state index in [9.17, 15) is 0 Å². The Bertz CT molecular complexity index is 5340. The van der Waals surface area contributed by atoms with Crippen LogP contribution in [0.25, 0.3) is 100 Å². The third kappa shape index (κ3) is 9.36. The second-order valence-electron chi connectivity index (χ2n) is 30.5. The lowest BCUT2D eigenvalue weighted by Gasteiger charge is -2.30. The van der Waals surface area contributed by atoms with Crippen LogP contribution in [-0.4, -0.2) is 0 Å².